The first-order valence-electron chi connectivity index (χ1n) is 11.3. The molecule has 1 saturated heterocycles. The number of hydrogen-bond donors (Lipinski definition) is 1. The molecule has 0 aliphatic carbocycles. The molecule has 2 aromatic rings. The van der Waals surface area contributed by atoms with Crippen molar-refractivity contribution in [3.8, 4) is 11.5 Å². The van der Waals surface area contributed by atoms with Crippen LogP contribution in [0.25, 0.3) is 5.76 Å². The van der Waals surface area contributed by atoms with E-state index in [1.165, 1.54) is 24.1 Å². The van der Waals surface area contributed by atoms with Crippen molar-refractivity contribution in [3.63, 3.8) is 0 Å². The number of likely N-dealkylation sites (tertiary alicyclic amines) is 1. The van der Waals surface area contributed by atoms with Crippen molar-refractivity contribution in [3.05, 3.63) is 63.1 Å². The summed E-state index contributed by atoms with van der Waals surface area (Å²) < 4.78 is 11.0. The number of nitrogens with zero attached hydrogens (tertiary/aromatic N) is 1. The van der Waals surface area contributed by atoms with Gasteiger partial charge in [0.15, 0.2) is 5.75 Å². The number of aliphatic hydroxyl groups is 1. The molecule has 0 saturated carbocycles. The van der Waals surface area contributed by atoms with E-state index in [2.05, 4.69) is 6.92 Å². The Labute approximate surface area is 210 Å². The van der Waals surface area contributed by atoms with Crippen LogP contribution in [0.15, 0.2) is 42.0 Å². The molecule has 1 amide bonds. The Morgan fingerprint density at radius 1 is 1.12 bits per heavy atom. The first-order chi connectivity index (χ1) is 16.2. The van der Waals surface area contributed by atoms with Crippen LogP contribution in [-0.4, -0.2) is 41.5 Å². The molecule has 0 spiro atoms. The predicted molar refractivity (Wildman–Crippen MR) is 134 cm³/mol. The number of rotatable bonds is 9. The van der Waals surface area contributed by atoms with Crippen molar-refractivity contribution >= 4 is 40.7 Å². The maximum Gasteiger partial charge on any atom is 0.295 e. The van der Waals surface area contributed by atoms with Crippen molar-refractivity contribution in [1.29, 1.82) is 0 Å². The minimum absolute atomic E-state index is 0.0134. The summed E-state index contributed by atoms with van der Waals surface area (Å²) in [6.45, 7) is 6.29. The number of carbonyl (C=O) groups excluding carboxylic acids is 2. The lowest BCUT2D eigenvalue weighted by molar-refractivity contribution is -0.139. The number of amides is 1. The number of ketones is 1. The number of ether oxygens (including phenoxy) is 2. The zero-order valence-electron chi connectivity index (χ0n) is 19.7. The summed E-state index contributed by atoms with van der Waals surface area (Å²) in [7, 11) is 1.43. The molecule has 1 unspecified atom stereocenters. The van der Waals surface area contributed by atoms with Gasteiger partial charge in [0, 0.05) is 12.1 Å². The molecule has 3 rings (SSSR count). The van der Waals surface area contributed by atoms with Gasteiger partial charge < -0.3 is 19.5 Å². The molecule has 8 heteroatoms. The van der Waals surface area contributed by atoms with Crippen molar-refractivity contribution in [2.45, 2.75) is 52.2 Å². The summed E-state index contributed by atoms with van der Waals surface area (Å²) in [5.41, 5.74) is 0.878. The smallest absolute Gasteiger partial charge is 0.295 e. The Morgan fingerprint density at radius 3 is 2.38 bits per heavy atom. The number of methoxy groups -OCH3 is 1. The summed E-state index contributed by atoms with van der Waals surface area (Å²) in [6.07, 6.45) is 2.57. The Bertz CT molecular complexity index is 1090. The van der Waals surface area contributed by atoms with Gasteiger partial charge in [-0.15, -0.1) is 0 Å². The van der Waals surface area contributed by atoms with Gasteiger partial charge in [-0.05, 0) is 50.1 Å². The van der Waals surface area contributed by atoms with E-state index in [0.717, 1.165) is 19.3 Å². The molecular weight excluding hydrogens is 477 g/mol. The number of halogens is 2. The van der Waals surface area contributed by atoms with Crippen molar-refractivity contribution in [2.24, 2.45) is 0 Å². The molecule has 1 fully saturated rings. The van der Waals surface area contributed by atoms with Crippen LogP contribution in [0.1, 0.15) is 57.2 Å². The summed E-state index contributed by atoms with van der Waals surface area (Å²) in [6, 6.07) is 9.38. The maximum atomic E-state index is 13.2. The fraction of sp³-hybridized carbons (Fsp3) is 0.385. The van der Waals surface area contributed by atoms with Crippen LogP contribution in [0.5, 0.6) is 11.5 Å². The minimum atomic E-state index is -0.771. The average molecular weight is 506 g/mol. The fourth-order valence-corrected chi connectivity index (χ4v) is 4.71. The van der Waals surface area contributed by atoms with Gasteiger partial charge in [-0.25, -0.2) is 0 Å². The van der Waals surface area contributed by atoms with Crippen LogP contribution in [-0.2, 0) is 9.59 Å². The van der Waals surface area contributed by atoms with E-state index in [9.17, 15) is 14.7 Å². The third-order valence-corrected chi connectivity index (χ3v) is 6.13. The first kappa shape index (κ1) is 25.9. The summed E-state index contributed by atoms with van der Waals surface area (Å²) in [5.74, 6) is -0.874. The highest BCUT2D eigenvalue weighted by Crippen LogP contribution is 2.42. The number of unbranched alkanes of at least 4 members (excludes halogenated alkanes) is 2. The predicted octanol–water partition coefficient (Wildman–Crippen LogP) is 6.40. The quantitative estimate of drug-likeness (QED) is 0.184. The van der Waals surface area contributed by atoms with Gasteiger partial charge in [-0.3, -0.25) is 9.59 Å². The molecule has 0 aromatic heterocycles. The Kier molecular flexibility index (Phi) is 8.50. The number of Topliss-reactive ketones (excluding diaryl/α,β-unsaturated/α-hetero) is 1. The van der Waals surface area contributed by atoms with E-state index in [-0.39, 0.29) is 38.8 Å². The standard InChI is InChI=1S/C26H29Cl2NO5/c1-5-6-7-11-29-22(16-9-8-10-18(12-16)34-15(2)3)21(24(31)26(29)32)23(30)17-13-19(27)25(33-4)20(28)14-17/h8-10,12-15,22,30H,5-7,11H2,1-4H3/b23-21+. The molecule has 1 aliphatic heterocycles. The third kappa shape index (κ3) is 5.34. The van der Waals surface area contributed by atoms with Gasteiger partial charge in [0.25, 0.3) is 11.7 Å². The van der Waals surface area contributed by atoms with E-state index in [4.69, 9.17) is 32.7 Å². The molecule has 0 radical (unpaired) electrons. The Hall–Kier alpha value is -2.70. The largest absolute Gasteiger partial charge is 0.507 e. The van der Waals surface area contributed by atoms with Crippen LogP contribution in [0, 0.1) is 0 Å². The first-order valence-corrected chi connectivity index (χ1v) is 12.0. The highest BCUT2D eigenvalue weighted by molar-refractivity contribution is 6.46. The van der Waals surface area contributed by atoms with Gasteiger partial charge in [0.05, 0.1) is 34.9 Å². The zero-order chi connectivity index (χ0) is 25.0. The second kappa shape index (κ2) is 11.2. The lowest BCUT2D eigenvalue weighted by atomic mass is 9.95. The maximum absolute atomic E-state index is 13.2. The highest BCUT2D eigenvalue weighted by Gasteiger charge is 2.46. The lowest BCUT2D eigenvalue weighted by Gasteiger charge is -2.26. The third-order valence-electron chi connectivity index (χ3n) is 5.56. The lowest BCUT2D eigenvalue weighted by Crippen LogP contribution is -2.30. The molecule has 1 N–H and O–H groups in total. The molecule has 6 nitrogen and oxygen atoms in total. The van der Waals surface area contributed by atoms with Gasteiger partial charge >= 0.3 is 0 Å². The number of benzene rings is 2. The van der Waals surface area contributed by atoms with Crippen LogP contribution in [0.4, 0.5) is 0 Å². The van der Waals surface area contributed by atoms with Crippen molar-refractivity contribution < 1.29 is 24.2 Å². The molecule has 34 heavy (non-hydrogen) atoms. The number of hydrogen-bond acceptors (Lipinski definition) is 5. The molecule has 2 aromatic carbocycles. The highest BCUT2D eigenvalue weighted by atomic mass is 35.5. The number of aliphatic hydroxyl groups excluding tert-OH is 1. The van der Waals surface area contributed by atoms with Crippen LogP contribution < -0.4 is 9.47 Å². The van der Waals surface area contributed by atoms with Crippen LogP contribution >= 0.6 is 23.2 Å². The molecule has 182 valence electrons. The monoisotopic (exact) mass is 505 g/mol. The molecule has 0 bridgehead atoms. The van der Waals surface area contributed by atoms with Crippen LogP contribution in [0.3, 0.4) is 0 Å². The molecule has 1 aliphatic rings. The van der Waals surface area contributed by atoms with Gasteiger partial charge in [-0.2, -0.15) is 0 Å². The minimum Gasteiger partial charge on any atom is -0.507 e. The van der Waals surface area contributed by atoms with Crippen molar-refractivity contribution in [2.75, 3.05) is 13.7 Å². The molecule has 1 heterocycles. The van der Waals surface area contributed by atoms with Crippen LogP contribution in [0.2, 0.25) is 10.0 Å². The summed E-state index contributed by atoms with van der Waals surface area (Å²) in [4.78, 5) is 27.7. The SMILES string of the molecule is CCCCCN1C(=O)C(=O)/C(=C(/O)c2cc(Cl)c(OC)c(Cl)c2)C1c1cccc(OC(C)C)c1. The van der Waals surface area contributed by atoms with Gasteiger partial charge in [0.1, 0.15) is 11.5 Å². The summed E-state index contributed by atoms with van der Waals surface area (Å²) >= 11 is 12.5. The van der Waals surface area contributed by atoms with E-state index >= 15 is 0 Å². The Balaban J connectivity index is 2.17. The van der Waals surface area contributed by atoms with E-state index in [1.807, 2.05) is 26.0 Å². The zero-order valence-corrected chi connectivity index (χ0v) is 21.2. The van der Waals surface area contributed by atoms with E-state index < -0.39 is 17.7 Å². The second-order valence-corrected chi connectivity index (χ2v) is 9.23. The normalized spacial score (nSPS) is 17.5. The Morgan fingerprint density at radius 2 is 1.79 bits per heavy atom. The second-order valence-electron chi connectivity index (χ2n) is 8.41. The topological polar surface area (TPSA) is 76.1 Å². The molecule has 1 atom stereocenters. The van der Waals surface area contributed by atoms with E-state index in [1.54, 1.807) is 12.1 Å². The average Bonchev–Trinajstić information content (AvgIpc) is 3.03. The number of carbonyl (C=O) groups is 2. The fourth-order valence-electron chi connectivity index (χ4n) is 4.07. The van der Waals surface area contributed by atoms with Gasteiger partial charge in [-0.1, -0.05) is 55.1 Å². The van der Waals surface area contributed by atoms with Gasteiger partial charge in [0.2, 0.25) is 0 Å². The van der Waals surface area contributed by atoms with E-state index in [0.29, 0.717) is 17.9 Å². The summed E-state index contributed by atoms with van der Waals surface area (Å²) in [5, 5.41) is 11.6. The molecular formula is C26H29Cl2NO5. The van der Waals surface area contributed by atoms with Crippen molar-refractivity contribution in [1.82, 2.24) is 4.90 Å².